The molecule has 0 aromatic carbocycles. The molecule has 1 saturated heterocycles. The van der Waals surface area contributed by atoms with Crippen LogP contribution in [0.15, 0.2) is 16.1 Å². The predicted octanol–water partition coefficient (Wildman–Crippen LogP) is 2.89. The molecule has 0 aromatic heterocycles. The number of thioether (sulfide) groups is 1. The first kappa shape index (κ1) is 14.8. The molecular formula is C15H23N3O2S. The number of aliphatic imine (C=N–C) groups is 1. The molecule has 3 aliphatic rings. The zero-order valence-corrected chi connectivity index (χ0v) is 13.8. The average Bonchev–Trinajstić information content (AvgIpc) is 2.99. The van der Waals surface area contributed by atoms with Crippen molar-refractivity contribution in [2.45, 2.75) is 39.2 Å². The number of amidine groups is 1. The van der Waals surface area contributed by atoms with Gasteiger partial charge in [-0.25, -0.2) is 4.79 Å². The van der Waals surface area contributed by atoms with Gasteiger partial charge in [0.15, 0.2) is 5.17 Å². The van der Waals surface area contributed by atoms with E-state index in [4.69, 9.17) is 4.74 Å². The molecule has 0 bridgehead atoms. The maximum Gasteiger partial charge on any atom is 0.410 e. The minimum Gasteiger partial charge on any atom is -0.444 e. The van der Waals surface area contributed by atoms with Crippen LogP contribution in [0.5, 0.6) is 0 Å². The molecule has 0 radical (unpaired) electrons. The molecule has 0 N–H and O–H groups in total. The Morgan fingerprint density at radius 3 is 2.71 bits per heavy atom. The Morgan fingerprint density at radius 2 is 2.05 bits per heavy atom. The SMILES string of the molecule is CC(C)(C)OC(=O)N1CCC(C2=CSC3=NCCN23)CC1. The fourth-order valence-corrected chi connectivity index (χ4v) is 3.98. The van der Waals surface area contributed by atoms with Gasteiger partial charge >= 0.3 is 6.09 Å². The number of ether oxygens (including phenoxy) is 1. The zero-order chi connectivity index (χ0) is 15.0. The van der Waals surface area contributed by atoms with Gasteiger partial charge in [0, 0.05) is 31.2 Å². The van der Waals surface area contributed by atoms with Gasteiger partial charge in [-0.15, -0.1) is 0 Å². The molecular weight excluding hydrogens is 286 g/mol. The molecule has 21 heavy (non-hydrogen) atoms. The quantitative estimate of drug-likeness (QED) is 0.747. The summed E-state index contributed by atoms with van der Waals surface area (Å²) in [6, 6.07) is 0. The summed E-state index contributed by atoms with van der Waals surface area (Å²) in [5.74, 6) is 0.544. The topological polar surface area (TPSA) is 45.1 Å². The summed E-state index contributed by atoms with van der Waals surface area (Å²) in [6.07, 6.45) is 1.84. The monoisotopic (exact) mass is 309 g/mol. The Bertz CT molecular complexity index is 488. The second kappa shape index (κ2) is 5.55. The highest BCUT2D eigenvalue weighted by Crippen LogP contribution is 2.37. The maximum atomic E-state index is 12.1. The van der Waals surface area contributed by atoms with Crippen LogP contribution in [0.3, 0.4) is 0 Å². The first-order valence-corrected chi connectivity index (χ1v) is 8.49. The highest BCUT2D eigenvalue weighted by molar-refractivity contribution is 8.16. The lowest BCUT2D eigenvalue weighted by atomic mass is 9.93. The molecule has 0 aliphatic carbocycles. The summed E-state index contributed by atoms with van der Waals surface area (Å²) in [7, 11) is 0. The lowest BCUT2D eigenvalue weighted by molar-refractivity contribution is 0.0190. The van der Waals surface area contributed by atoms with Gasteiger partial charge in [-0.1, -0.05) is 11.8 Å². The number of hydrogen-bond donors (Lipinski definition) is 0. The van der Waals surface area contributed by atoms with Gasteiger partial charge in [0.05, 0.1) is 6.54 Å². The average molecular weight is 309 g/mol. The zero-order valence-electron chi connectivity index (χ0n) is 13.0. The normalized spacial score (nSPS) is 23.0. The van der Waals surface area contributed by atoms with Gasteiger partial charge in [0.2, 0.25) is 0 Å². The van der Waals surface area contributed by atoms with E-state index in [0.717, 1.165) is 44.2 Å². The molecule has 1 fully saturated rings. The van der Waals surface area contributed by atoms with E-state index in [1.54, 1.807) is 11.8 Å². The van der Waals surface area contributed by atoms with Crippen molar-refractivity contribution in [3.05, 3.63) is 11.1 Å². The summed E-state index contributed by atoms with van der Waals surface area (Å²) < 4.78 is 5.45. The Morgan fingerprint density at radius 1 is 1.33 bits per heavy atom. The van der Waals surface area contributed by atoms with E-state index in [0.29, 0.717) is 5.92 Å². The number of carbonyl (C=O) groups is 1. The standard InChI is InChI=1S/C15H23N3O2S/c1-15(2,3)20-14(19)17-7-4-11(5-8-17)12-10-21-13-16-6-9-18(12)13/h10-11H,4-9H2,1-3H3. The van der Waals surface area contributed by atoms with Crippen LogP contribution in [-0.2, 0) is 4.74 Å². The number of fused-ring (bicyclic) bond motifs is 1. The molecule has 0 unspecified atom stereocenters. The van der Waals surface area contributed by atoms with Gasteiger partial charge in [0.1, 0.15) is 5.60 Å². The summed E-state index contributed by atoms with van der Waals surface area (Å²) in [4.78, 5) is 20.8. The highest BCUT2D eigenvalue weighted by Gasteiger charge is 2.34. The van der Waals surface area contributed by atoms with Crippen molar-refractivity contribution in [2.75, 3.05) is 26.2 Å². The first-order valence-electron chi connectivity index (χ1n) is 7.61. The summed E-state index contributed by atoms with van der Waals surface area (Å²) in [5.41, 5.74) is 0.986. The number of allylic oxidation sites excluding steroid dienone is 1. The Balaban J connectivity index is 1.54. The van der Waals surface area contributed by atoms with Crippen molar-refractivity contribution in [3.8, 4) is 0 Å². The first-order chi connectivity index (χ1) is 9.94. The number of hydrogen-bond acceptors (Lipinski definition) is 5. The van der Waals surface area contributed by atoms with Gasteiger partial charge in [-0.3, -0.25) is 4.99 Å². The second-order valence-electron chi connectivity index (χ2n) is 6.72. The number of amides is 1. The van der Waals surface area contributed by atoms with Crippen LogP contribution in [0, 0.1) is 5.92 Å². The predicted molar refractivity (Wildman–Crippen MR) is 85.2 cm³/mol. The number of rotatable bonds is 1. The summed E-state index contributed by atoms with van der Waals surface area (Å²) in [5, 5.41) is 3.39. The molecule has 3 rings (SSSR count). The molecule has 0 spiro atoms. The molecule has 0 saturated carbocycles. The van der Waals surface area contributed by atoms with Crippen molar-refractivity contribution in [1.29, 1.82) is 0 Å². The van der Waals surface area contributed by atoms with E-state index >= 15 is 0 Å². The summed E-state index contributed by atoms with van der Waals surface area (Å²) in [6.45, 7) is 9.21. The highest BCUT2D eigenvalue weighted by atomic mass is 32.2. The Kier molecular flexibility index (Phi) is 3.90. The van der Waals surface area contributed by atoms with Crippen LogP contribution in [0.2, 0.25) is 0 Å². The molecule has 6 heteroatoms. The lowest BCUT2D eigenvalue weighted by Crippen LogP contribution is -2.43. The van der Waals surface area contributed by atoms with Crippen LogP contribution in [-0.4, -0.2) is 52.8 Å². The molecule has 3 aliphatic heterocycles. The van der Waals surface area contributed by atoms with E-state index in [2.05, 4.69) is 15.3 Å². The van der Waals surface area contributed by atoms with Crippen molar-refractivity contribution < 1.29 is 9.53 Å². The minimum absolute atomic E-state index is 0.181. The van der Waals surface area contributed by atoms with Crippen LogP contribution >= 0.6 is 11.8 Å². The third-order valence-electron chi connectivity index (χ3n) is 3.96. The smallest absolute Gasteiger partial charge is 0.410 e. The van der Waals surface area contributed by atoms with Crippen molar-refractivity contribution in [1.82, 2.24) is 9.80 Å². The number of nitrogens with zero attached hydrogens (tertiary/aromatic N) is 3. The fourth-order valence-electron chi connectivity index (χ4n) is 2.94. The maximum absolute atomic E-state index is 12.1. The number of piperidine rings is 1. The van der Waals surface area contributed by atoms with E-state index in [9.17, 15) is 4.79 Å². The van der Waals surface area contributed by atoms with Gasteiger partial charge in [-0.05, 0) is 39.0 Å². The van der Waals surface area contributed by atoms with Crippen LogP contribution < -0.4 is 0 Å². The van der Waals surface area contributed by atoms with Crippen LogP contribution in [0.1, 0.15) is 33.6 Å². The van der Waals surface area contributed by atoms with Gasteiger partial charge in [-0.2, -0.15) is 0 Å². The van der Waals surface area contributed by atoms with E-state index in [1.165, 1.54) is 5.70 Å². The molecule has 0 atom stereocenters. The lowest BCUT2D eigenvalue weighted by Gasteiger charge is -2.35. The van der Waals surface area contributed by atoms with Crippen LogP contribution in [0.4, 0.5) is 4.79 Å². The Hall–Kier alpha value is -1.17. The Labute approximate surface area is 130 Å². The molecule has 1 amide bonds. The largest absolute Gasteiger partial charge is 0.444 e. The minimum atomic E-state index is -0.417. The van der Waals surface area contributed by atoms with E-state index < -0.39 is 5.60 Å². The number of carbonyl (C=O) groups excluding carboxylic acids is 1. The fraction of sp³-hybridized carbons (Fsp3) is 0.733. The van der Waals surface area contributed by atoms with Crippen molar-refractivity contribution in [3.63, 3.8) is 0 Å². The van der Waals surface area contributed by atoms with Gasteiger partial charge < -0.3 is 14.5 Å². The van der Waals surface area contributed by atoms with E-state index in [-0.39, 0.29) is 6.09 Å². The van der Waals surface area contributed by atoms with Gasteiger partial charge in [0.25, 0.3) is 0 Å². The second-order valence-corrected chi connectivity index (χ2v) is 7.55. The third kappa shape index (κ3) is 3.20. The van der Waals surface area contributed by atoms with Crippen LogP contribution in [0.25, 0.3) is 0 Å². The molecule has 0 aromatic rings. The van der Waals surface area contributed by atoms with Crippen molar-refractivity contribution in [2.24, 2.45) is 10.9 Å². The molecule has 116 valence electrons. The molecule has 5 nitrogen and oxygen atoms in total. The molecule has 3 heterocycles. The summed E-state index contributed by atoms with van der Waals surface area (Å²) >= 11 is 1.74. The van der Waals surface area contributed by atoms with Crippen molar-refractivity contribution >= 4 is 23.0 Å². The number of likely N-dealkylation sites (tertiary alicyclic amines) is 1. The third-order valence-corrected chi connectivity index (χ3v) is 4.88. The van der Waals surface area contributed by atoms with E-state index in [1.807, 2.05) is 25.7 Å².